The Bertz CT molecular complexity index is 681. The average Bonchev–Trinajstić information content (AvgIpc) is 3.23. The van der Waals surface area contributed by atoms with Gasteiger partial charge in [0.1, 0.15) is 5.75 Å². The minimum atomic E-state index is 0.108. The van der Waals surface area contributed by atoms with Gasteiger partial charge in [0.2, 0.25) is 5.91 Å². The summed E-state index contributed by atoms with van der Waals surface area (Å²) in [6.45, 7) is 0.585. The normalized spacial score (nSPS) is 20.1. The summed E-state index contributed by atoms with van der Waals surface area (Å²) in [5, 5.41) is 3.03. The minimum Gasteiger partial charge on any atom is -0.497 e. The SMILES string of the molecule is COc1ccc(-c2ccc(CNC(=O)C[C@@H]3CCC[C@H]3N)s2)cc1. The first-order chi connectivity index (χ1) is 11.7. The predicted octanol–water partition coefficient (Wildman–Crippen LogP) is 3.56. The highest BCUT2D eigenvalue weighted by Crippen LogP contribution is 2.30. The molecular formula is C19H24N2O2S. The lowest BCUT2D eigenvalue weighted by molar-refractivity contribution is -0.122. The number of carbonyl (C=O) groups is 1. The van der Waals surface area contributed by atoms with Gasteiger partial charge < -0.3 is 15.8 Å². The second kappa shape index (κ2) is 7.81. The number of hydrogen-bond acceptors (Lipinski definition) is 4. The molecule has 1 saturated carbocycles. The zero-order valence-electron chi connectivity index (χ0n) is 14.0. The van der Waals surface area contributed by atoms with Crippen molar-refractivity contribution in [3.8, 4) is 16.2 Å². The standard InChI is InChI=1S/C19H24N2O2S/c1-23-15-7-5-13(6-8-15)18-10-9-16(24-18)12-21-19(22)11-14-3-2-4-17(14)20/h5-10,14,17H,2-4,11-12,20H2,1H3,(H,21,22)/t14-,17+/m0/s1. The van der Waals surface area contributed by atoms with Crippen molar-refractivity contribution in [2.24, 2.45) is 11.7 Å². The Kier molecular flexibility index (Phi) is 5.53. The summed E-state index contributed by atoms with van der Waals surface area (Å²) in [7, 11) is 1.67. The summed E-state index contributed by atoms with van der Waals surface area (Å²) in [5.74, 6) is 1.31. The Hall–Kier alpha value is -1.85. The molecule has 1 aromatic heterocycles. The van der Waals surface area contributed by atoms with E-state index in [4.69, 9.17) is 10.5 Å². The molecule has 1 aliphatic carbocycles. The van der Waals surface area contributed by atoms with Crippen LogP contribution in [0.2, 0.25) is 0 Å². The lowest BCUT2D eigenvalue weighted by Gasteiger charge is -2.14. The van der Waals surface area contributed by atoms with Crippen LogP contribution in [0.5, 0.6) is 5.75 Å². The maximum absolute atomic E-state index is 12.1. The van der Waals surface area contributed by atoms with Crippen molar-refractivity contribution in [1.29, 1.82) is 0 Å². The number of nitrogens with two attached hydrogens (primary N) is 1. The fourth-order valence-electron chi connectivity index (χ4n) is 3.20. The lowest BCUT2D eigenvalue weighted by Crippen LogP contribution is -2.31. The molecule has 1 aliphatic rings. The second-order valence-corrected chi connectivity index (χ2v) is 7.50. The molecule has 5 heteroatoms. The van der Waals surface area contributed by atoms with Crippen LogP contribution in [0.1, 0.15) is 30.6 Å². The number of nitrogens with one attached hydrogen (secondary N) is 1. The van der Waals surface area contributed by atoms with Crippen LogP contribution in [-0.2, 0) is 11.3 Å². The Balaban J connectivity index is 1.53. The fraction of sp³-hybridized carbons (Fsp3) is 0.421. The number of thiophene rings is 1. The Morgan fingerprint density at radius 1 is 1.25 bits per heavy atom. The van der Waals surface area contributed by atoms with Gasteiger partial charge in [-0.1, -0.05) is 6.42 Å². The zero-order valence-corrected chi connectivity index (χ0v) is 14.8. The van der Waals surface area contributed by atoms with Crippen molar-refractivity contribution in [2.45, 2.75) is 38.3 Å². The highest BCUT2D eigenvalue weighted by molar-refractivity contribution is 7.15. The topological polar surface area (TPSA) is 64.3 Å². The van der Waals surface area contributed by atoms with Gasteiger partial charge >= 0.3 is 0 Å². The maximum Gasteiger partial charge on any atom is 0.220 e. The second-order valence-electron chi connectivity index (χ2n) is 6.33. The molecule has 3 N–H and O–H groups in total. The molecule has 1 aromatic carbocycles. The molecule has 0 spiro atoms. The van der Waals surface area contributed by atoms with Crippen molar-refractivity contribution < 1.29 is 9.53 Å². The summed E-state index contributed by atoms with van der Waals surface area (Å²) >= 11 is 1.70. The molecule has 1 amide bonds. The van der Waals surface area contributed by atoms with E-state index in [0.29, 0.717) is 18.9 Å². The molecule has 3 rings (SSSR count). The van der Waals surface area contributed by atoms with E-state index < -0.39 is 0 Å². The summed E-state index contributed by atoms with van der Waals surface area (Å²) < 4.78 is 5.18. The first-order valence-electron chi connectivity index (χ1n) is 8.41. The molecule has 0 saturated heterocycles. The third-order valence-electron chi connectivity index (χ3n) is 4.66. The van der Waals surface area contributed by atoms with Crippen LogP contribution in [0, 0.1) is 5.92 Å². The van der Waals surface area contributed by atoms with Crippen LogP contribution in [0.3, 0.4) is 0 Å². The molecule has 4 nitrogen and oxygen atoms in total. The number of hydrogen-bond donors (Lipinski definition) is 2. The smallest absolute Gasteiger partial charge is 0.220 e. The summed E-state index contributed by atoms with van der Waals surface area (Å²) in [6, 6.07) is 12.4. The van der Waals surface area contributed by atoms with Gasteiger partial charge in [-0.2, -0.15) is 0 Å². The molecule has 2 atom stereocenters. The summed E-state index contributed by atoms with van der Waals surface area (Å²) in [4.78, 5) is 14.4. The Morgan fingerprint density at radius 3 is 2.71 bits per heavy atom. The van der Waals surface area contributed by atoms with Gasteiger partial charge in [-0.05, 0) is 60.7 Å². The highest BCUT2D eigenvalue weighted by atomic mass is 32.1. The van der Waals surface area contributed by atoms with Crippen molar-refractivity contribution in [3.05, 3.63) is 41.3 Å². The number of amides is 1. The maximum atomic E-state index is 12.1. The zero-order chi connectivity index (χ0) is 16.9. The largest absolute Gasteiger partial charge is 0.497 e. The molecular weight excluding hydrogens is 320 g/mol. The third kappa shape index (κ3) is 4.16. The van der Waals surface area contributed by atoms with Crippen LogP contribution < -0.4 is 15.8 Å². The number of benzene rings is 1. The van der Waals surface area contributed by atoms with E-state index in [0.717, 1.165) is 35.5 Å². The van der Waals surface area contributed by atoms with E-state index in [1.807, 2.05) is 12.1 Å². The lowest BCUT2D eigenvalue weighted by atomic mass is 10.00. The minimum absolute atomic E-state index is 0.108. The van der Waals surface area contributed by atoms with E-state index in [1.54, 1.807) is 18.4 Å². The molecule has 0 radical (unpaired) electrons. The summed E-state index contributed by atoms with van der Waals surface area (Å²) in [6.07, 6.45) is 3.83. The van der Waals surface area contributed by atoms with Crippen molar-refractivity contribution in [2.75, 3.05) is 7.11 Å². The first-order valence-corrected chi connectivity index (χ1v) is 9.23. The van der Waals surface area contributed by atoms with Gasteiger partial charge in [0.25, 0.3) is 0 Å². The van der Waals surface area contributed by atoms with E-state index in [9.17, 15) is 4.79 Å². The van der Waals surface area contributed by atoms with Gasteiger partial charge in [0, 0.05) is 22.2 Å². The highest BCUT2D eigenvalue weighted by Gasteiger charge is 2.25. The monoisotopic (exact) mass is 344 g/mol. The van der Waals surface area contributed by atoms with Crippen LogP contribution >= 0.6 is 11.3 Å². The van der Waals surface area contributed by atoms with E-state index in [1.165, 1.54) is 4.88 Å². The molecule has 128 valence electrons. The van der Waals surface area contributed by atoms with Gasteiger partial charge in [-0.3, -0.25) is 4.79 Å². The molecule has 2 aromatic rings. The average molecular weight is 344 g/mol. The third-order valence-corrected chi connectivity index (χ3v) is 5.80. The summed E-state index contributed by atoms with van der Waals surface area (Å²) in [5.41, 5.74) is 7.20. The quantitative estimate of drug-likeness (QED) is 0.842. The van der Waals surface area contributed by atoms with Crippen molar-refractivity contribution in [3.63, 3.8) is 0 Å². The van der Waals surface area contributed by atoms with Gasteiger partial charge in [0.05, 0.1) is 13.7 Å². The molecule has 0 unspecified atom stereocenters. The fourth-order valence-corrected chi connectivity index (χ4v) is 4.15. The van der Waals surface area contributed by atoms with Crippen LogP contribution in [0.25, 0.3) is 10.4 Å². The molecule has 1 heterocycles. The van der Waals surface area contributed by atoms with Crippen LogP contribution in [0.15, 0.2) is 36.4 Å². The van der Waals surface area contributed by atoms with Gasteiger partial charge in [0.15, 0.2) is 0 Å². The van der Waals surface area contributed by atoms with E-state index in [2.05, 4.69) is 29.6 Å². The van der Waals surface area contributed by atoms with Crippen LogP contribution in [0.4, 0.5) is 0 Å². The van der Waals surface area contributed by atoms with Gasteiger partial charge in [-0.15, -0.1) is 11.3 Å². The first kappa shape index (κ1) is 17.0. The number of rotatable bonds is 6. The van der Waals surface area contributed by atoms with Crippen molar-refractivity contribution in [1.82, 2.24) is 5.32 Å². The number of ether oxygens (including phenoxy) is 1. The van der Waals surface area contributed by atoms with Gasteiger partial charge in [-0.25, -0.2) is 0 Å². The van der Waals surface area contributed by atoms with E-state index >= 15 is 0 Å². The Labute approximate surface area is 147 Å². The van der Waals surface area contributed by atoms with Crippen LogP contribution in [-0.4, -0.2) is 19.1 Å². The molecule has 1 fully saturated rings. The molecule has 0 bridgehead atoms. The van der Waals surface area contributed by atoms with E-state index in [-0.39, 0.29) is 11.9 Å². The molecule has 24 heavy (non-hydrogen) atoms. The number of methoxy groups -OCH3 is 1. The Morgan fingerprint density at radius 2 is 2.04 bits per heavy atom. The number of carbonyl (C=O) groups excluding carboxylic acids is 1. The predicted molar refractivity (Wildman–Crippen MR) is 98.1 cm³/mol. The van der Waals surface area contributed by atoms with Crippen molar-refractivity contribution >= 4 is 17.2 Å². The molecule has 0 aliphatic heterocycles.